The number of carbonyl (C=O) groups is 2. The molecule has 12 nitrogen and oxygen atoms in total. The van der Waals surface area contributed by atoms with Gasteiger partial charge in [-0.05, 0) is 37.8 Å². The van der Waals surface area contributed by atoms with Crippen molar-refractivity contribution in [2.75, 3.05) is 52.3 Å². The maximum Gasteiger partial charge on any atom is 0.298 e. The fraction of sp³-hybridized carbons (Fsp3) is 0.441. The van der Waals surface area contributed by atoms with Gasteiger partial charge in [-0.15, -0.1) is 0 Å². The molecule has 1 aliphatic heterocycles. The number of pyridine rings is 1. The number of halogens is 2. The summed E-state index contributed by atoms with van der Waals surface area (Å²) in [5, 5.41) is 7.36. The van der Waals surface area contributed by atoms with Gasteiger partial charge in [-0.3, -0.25) is 23.9 Å². The third-order valence-electron chi connectivity index (χ3n) is 8.79. The van der Waals surface area contributed by atoms with Crippen molar-refractivity contribution in [3.63, 3.8) is 0 Å². The highest BCUT2D eigenvalue weighted by Crippen LogP contribution is 2.45. The van der Waals surface area contributed by atoms with Crippen molar-refractivity contribution in [2.24, 2.45) is 0 Å². The molecule has 254 valence electrons. The zero-order valence-corrected chi connectivity index (χ0v) is 28.8. The number of nitrogens with zero attached hydrogens (tertiary/aromatic N) is 5. The lowest BCUT2D eigenvalue weighted by Crippen LogP contribution is -2.49. The number of piperazine rings is 1. The quantitative estimate of drug-likeness (QED) is 0.239. The molecule has 5 rings (SSSR count). The van der Waals surface area contributed by atoms with E-state index in [-0.39, 0.29) is 50.6 Å². The summed E-state index contributed by atoms with van der Waals surface area (Å²) >= 11 is 13.5. The minimum Gasteiger partial charge on any atom is -0.495 e. The number of aromatic nitrogens is 3. The maximum atomic E-state index is 14.4. The molecular formula is C34H39Cl2N7O5. The van der Waals surface area contributed by atoms with Crippen LogP contribution in [-0.2, 0) is 16.1 Å². The Hall–Kier alpha value is -4.31. The Labute approximate surface area is 289 Å². The number of carbonyl (C=O) groups excluding carboxylic acids is 2. The molecule has 0 bridgehead atoms. The van der Waals surface area contributed by atoms with Crippen LogP contribution >= 0.6 is 23.2 Å². The number of methoxy groups -OCH3 is 2. The molecule has 48 heavy (non-hydrogen) atoms. The first-order valence-corrected chi connectivity index (χ1v) is 16.6. The fourth-order valence-corrected chi connectivity index (χ4v) is 6.93. The Morgan fingerprint density at radius 2 is 1.71 bits per heavy atom. The number of hydrogen-bond donors (Lipinski definition) is 2. The van der Waals surface area contributed by atoms with Gasteiger partial charge < -0.3 is 25.0 Å². The third kappa shape index (κ3) is 7.54. The van der Waals surface area contributed by atoms with Crippen LogP contribution in [0, 0.1) is 11.8 Å². The van der Waals surface area contributed by atoms with E-state index in [0.29, 0.717) is 67.7 Å². The Morgan fingerprint density at radius 3 is 2.33 bits per heavy atom. The summed E-state index contributed by atoms with van der Waals surface area (Å²) in [5.74, 6) is 5.80. The predicted molar refractivity (Wildman–Crippen MR) is 187 cm³/mol. The standard InChI is InChI=1S/C34H39Cl2N7O5/c1-5-9-28(45)42-15-12-41(13-16-42)14-17-43-32-21(18-22(33(43)46)29-30(35)25(47-3)19-26(48-4)31(29)36)20-37-34(40-32)39-24-11-8-7-10-23(24)38-27(44)6-2/h6,18-20,23-24H,2,7-8,10-17H2,1,3-4H3,(H,38,44)(H,37,39,40). The van der Waals surface area contributed by atoms with E-state index in [2.05, 4.69) is 38.9 Å². The molecule has 1 saturated carbocycles. The molecule has 14 heteroatoms. The maximum absolute atomic E-state index is 14.4. The van der Waals surface area contributed by atoms with Crippen LogP contribution in [0.15, 0.2) is 35.8 Å². The molecule has 1 saturated heterocycles. The van der Waals surface area contributed by atoms with Crippen molar-refractivity contribution in [3.8, 4) is 34.5 Å². The van der Waals surface area contributed by atoms with Gasteiger partial charge in [0.1, 0.15) is 17.1 Å². The molecule has 2 aromatic heterocycles. The van der Waals surface area contributed by atoms with Crippen molar-refractivity contribution in [3.05, 3.63) is 51.4 Å². The van der Waals surface area contributed by atoms with Crippen LogP contribution in [0.5, 0.6) is 11.5 Å². The molecular weight excluding hydrogens is 657 g/mol. The van der Waals surface area contributed by atoms with Crippen molar-refractivity contribution < 1.29 is 19.1 Å². The van der Waals surface area contributed by atoms with E-state index in [0.717, 1.165) is 25.7 Å². The minimum atomic E-state index is -0.355. The molecule has 1 aromatic carbocycles. The highest BCUT2D eigenvalue weighted by Gasteiger charge is 2.28. The lowest BCUT2D eigenvalue weighted by molar-refractivity contribution is -0.126. The topological polar surface area (TPSA) is 131 Å². The van der Waals surface area contributed by atoms with Crippen LogP contribution in [0.25, 0.3) is 22.2 Å². The van der Waals surface area contributed by atoms with Gasteiger partial charge in [0.15, 0.2) is 0 Å². The van der Waals surface area contributed by atoms with Crippen molar-refractivity contribution in [1.29, 1.82) is 0 Å². The monoisotopic (exact) mass is 695 g/mol. The van der Waals surface area contributed by atoms with Gasteiger partial charge >= 0.3 is 0 Å². The third-order valence-corrected chi connectivity index (χ3v) is 9.55. The first kappa shape index (κ1) is 35.0. The Bertz CT molecular complexity index is 1800. The Balaban J connectivity index is 1.54. The number of hydrogen-bond acceptors (Lipinski definition) is 9. The summed E-state index contributed by atoms with van der Waals surface area (Å²) in [4.78, 5) is 52.1. The fourth-order valence-electron chi connectivity index (χ4n) is 6.22. The van der Waals surface area contributed by atoms with E-state index in [1.165, 1.54) is 20.3 Å². The Morgan fingerprint density at radius 1 is 1.04 bits per heavy atom. The van der Waals surface area contributed by atoms with Crippen molar-refractivity contribution in [1.82, 2.24) is 29.7 Å². The molecule has 3 heterocycles. The van der Waals surface area contributed by atoms with Gasteiger partial charge in [0, 0.05) is 74.6 Å². The van der Waals surface area contributed by atoms with Crippen LogP contribution < -0.4 is 25.7 Å². The van der Waals surface area contributed by atoms with Crippen molar-refractivity contribution >= 4 is 52.0 Å². The molecule has 2 N–H and O–H groups in total. The van der Waals surface area contributed by atoms with Crippen LogP contribution in [0.2, 0.25) is 10.0 Å². The number of anilines is 1. The molecule has 2 aliphatic rings. The number of amides is 2. The van der Waals surface area contributed by atoms with E-state index in [4.69, 9.17) is 37.7 Å². The van der Waals surface area contributed by atoms with Gasteiger partial charge in [0.25, 0.3) is 11.5 Å². The summed E-state index contributed by atoms with van der Waals surface area (Å²) in [6.07, 6.45) is 6.55. The van der Waals surface area contributed by atoms with Gasteiger partial charge in [0.05, 0.1) is 29.8 Å². The highest BCUT2D eigenvalue weighted by molar-refractivity contribution is 6.41. The predicted octanol–water partition coefficient (Wildman–Crippen LogP) is 3.98. The lowest BCUT2D eigenvalue weighted by atomic mass is 9.90. The molecule has 1 aliphatic carbocycles. The molecule has 0 radical (unpaired) electrons. The van der Waals surface area contributed by atoms with E-state index >= 15 is 0 Å². The number of ether oxygens (including phenoxy) is 2. The first-order chi connectivity index (χ1) is 23.2. The smallest absolute Gasteiger partial charge is 0.298 e. The van der Waals surface area contributed by atoms with Gasteiger partial charge in [-0.1, -0.05) is 48.5 Å². The average molecular weight is 697 g/mol. The molecule has 3 aromatic rings. The number of rotatable bonds is 10. The highest BCUT2D eigenvalue weighted by atomic mass is 35.5. The normalized spacial score (nSPS) is 18.1. The van der Waals surface area contributed by atoms with E-state index in [1.807, 2.05) is 0 Å². The summed E-state index contributed by atoms with van der Waals surface area (Å²) in [5.41, 5.74) is 0.599. The number of nitrogens with one attached hydrogen (secondary N) is 2. The minimum absolute atomic E-state index is 0.0992. The van der Waals surface area contributed by atoms with E-state index < -0.39 is 0 Å². The van der Waals surface area contributed by atoms with Gasteiger partial charge in [0.2, 0.25) is 11.9 Å². The molecule has 2 atom stereocenters. The Kier molecular flexibility index (Phi) is 11.5. The molecule has 2 fully saturated rings. The first-order valence-electron chi connectivity index (χ1n) is 15.8. The number of fused-ring (bicyclic) bond motifs is 1. The molecule has 2 amide bonds. The lowest BCUT2D eigenvalue weighted by Gasteiger charge is -2.34. The summed E-state index contributed by atoms with van der Waals surface area (Å²) < 4.78 is 12.5. The van der Waals surface area contributed by atoms with Crippen LogP contribution in [-0.4, -0.2) is 95.2 Å². The van der Waals surface area contributed by atoms with Crippen LogP contribution in [0.3, 0.4) is 0 Å². The van der Waals surface area contributed by atoms with Crippen LogP contribution in [0.4, 0.5) is 5.95 Å². The van der Waals surface area contributed by atoms with E-state index in [1.54, 1.807) is 34.7 Å². The van der Waals surface area contributed by atoms with Gasteiger partial charge in [-0.2, -0.15) is 4.98 Å². The zero-order chi connectivity index (χ0) is 34.4. The zero-order valence-electron chi connectivity index (χ0n) is 27.3. The van der Waals surface area contributed by atoms with Crippen LogP contribution in [0.1, 0.15) is 32.6 Å². The second kappa shape index (κ2) is 15.7. The molecule has 2 unspecified atom stereocenters. The van der Waals surface area contributed by atoms with E-state index in [9.17, 15) is 14.4 Å². The van der Waals surface area contributed by atoms with Gasteiger partial charge in [-0.25, -0.2) is 4.98 Å². The summed E-state index contributed by atoms with van der Waals surface area (Å²) in [6, 6.07) is 3.03. The molecule has 0 spiro atoms. The SMILES string of the molecule is C=CC(=O)NC1CCCCC1Nc1ncc2cc(-c3c(Cl)c(OC)cc(OC)c3Cl)c(=O)n(CCN3CCN(C(=O)C#CC)CC3)c2n1. The largest absolute Gasteiger partial charge is 0.495 e. The summed E-state index contributed by atoms with van der Waals surface area (Å²) in [7, 11) is 2.95. The van der Waals surface area contributed by atoms with Crippen molar-refractivity contribution in [2.45, 2.75) is 51.2 Å². The second-order valence-corrected chi connectivity index (χ2v) is 12.4. The average Bonchev–Trinajstić information content (AvgIpc) is 3.09. The number of benzene rings is 1. The summed E-state index contributed by atoms with van der Waals surface area (Å²) in [6.45, 7) is 8.38. The second-order valence-electron chi connectivity index (χ2n) is 11.6.